The van der Waals surface area contributed by atoms with Crippen molar-refractivity contribution in [1.29, 1.82) is 0 Å². The molecule has 1 aromatic carbocycles. The summed E-state index contributed by atoms with van der Waals surface area (Å²) in [7, 11) is 3.25. The first kappa shape index (κ1) is 24.7. The molecule has 35 heavy (non-hydrogen) atoms. The van der Waals surface area contributed by atoms with Gasteiger partial charge in [0.05, 0.1) is 14.2 Å². The minimum atomic E-state index is -0.930. The molecule has 4 heteroatoms. The summed E-state index contributed by atoms with van der Waals surface area (Å²) in [6.07, 6.45) is 9.71. The lowest BCUT2D eigenvalue weighted by molar-refractivity contribution is -0.144. The van der Waals surface area contributed by atoms with E-state index in [1.807, 2.05) is 25.1 Å². The second-order valence-corrected chi connectivity index (χ2v) is 12.5. The second kappa shape index (κ2) is 8.84. The van der Waals surface area contributed by atoms with Gasteiger partial charge >= 0.3 is 0 Å². The van der Waals surface area contributed by atoms with Gasteiger partial charge in [-0.1, -0.05) is 25.7 Å². The zero-order chi connectivity index (χ0) is 25.0. The Balaban J connectivity index is 1.33. The maximum Gasteiger partial charge on any atom is 0.161 e. The molecule has 4 aliphatic carbocycles. The normalized spacial score (nSPS) is 42.1. The summed E-state index contributed by atoms with van der Waals surface area (Å²) in [5, 5.41) is 11.5. The number of Topliss-reactive ketones (excluding diaryl/α,β-unsaturated/α-hetero) is 1. The molecule has 0 amide bonds. The van der Waals surface area contributed by atoms with Gasteiger partial charge in [0.25, 0.3) is 0 Å². The summed E-state index contributed by atoms with van der Waals surface area (Å²) < 4.78 is 10.7. The molecule has 0 spiro atoms. The van der Waals surface area contributed by atoms with Crippen LogP contribution in [-0.4, -0.2) is 30.7 Å². The number of aliphatic hydroxyl groups is 1. The molecule has 8 atom stereocenters. The van der Waals surface area contributed by atoms with Gasteiger partial charge in [0.1, 0.15) is 11.4 Å². The summed E-state index contributed by atoms with van der Waals surface area (Å²) in [6, 6.07) is 5.66. The Morgan fingerprint density at radius 2 is 1.69 bits per heavy atom. The zero-order valence-electron chi connectivity index (χ0n) is 22.2. The fourth-order valence-electron chi connectivity index (χ4n) is 9.13. The summed E-state index contributed by atoms with van der Waals surface area (Å²) in [5.41, 5.74) is 0.383. The number of hydrogen-bond acceptors (Lipinski definition) is 4. The molecule has 4 nitrogen and oxygen atoms in total. The molecular formula is C31H42O4. The number of methoxy groups -OCH3 is 2. The molecule has 190 valence electrons. The number of rotatable bonds is 3. The SMILES string of the molecule is COc1ccc(C#C[C@@]2(O)CC[C@@]3(C)[C@H](CC[C@@H]4[C@@H]3CC[C@]3(C)[C@@H](C(C)=O)CC[C@@H]43)C2)cc1OC. The summed E-state index contributed by atoms with van der Waals surface area (Å²) in [6.45, 7) is 6.74. The molecule has 0 aliphatic heterocycles. The van der Waals surface area contributed by atoms with E-state index in [0.717, 1.165) is 37.2 Å². The van der Waals surface area contributed by atoms with Crippen LogP contribution in [-0.2, 0) is 4.79 Å². The summed E-state index contributed by atoms with van der Waals surface area (Å²) in [4.78, 5) is 12.4. The number of benzene rings is 1. The van der Waals surface area contributed by atoms with Crippen LogP contribution >= 0.6 is 0 Å². The molecule has 0 saturated heterocycles. The number of hydrogen-bond donors (Lipinski definition) is 1. The van der Waals surface area contributed by atoms with Gasteiger partial charge in [0, 0.05) is 11.5 Å². The highest BCUT2D eigenvalue weighted by molar-refractivity contribution is 5.79. The van der Waals surface area contributed by atoms with Crippen LogP contribution in [0.4, 0.5) is 0 Å². The minimum Gasteiger partial charge on any atom is -0.493 e. The predicted octanol–water partition coefficient (Wildman–Crippen LogP) is 6.03. The van der Waals surface area contributed by atoms with Crippen LogP contribution in [0.2, 0.25) is 0 Å². The van der Waals surface area contributed by atoms with Gasteiger partial charge in [-0.3, -0.25) is 4.79 Å². The lowest BCUT2D eigenvalue weighted by atomic mass is 9.44. The van der Waals surface area contributed by atoms with Crippen LogP contribution in [0.1, 0.15) is 84.1 Å². The molecule has 0 bridgehead atoms. The van der Waals surface area contributed by atoms with Crippen LogP contribution in [0.25, 0.3) is 0 Å². The standard InChI is InChI=1S/C31H42O4/c1-20(32)24-9-10-25-23-8-7-22-19-31(33,15-12-21-6-11-27(34-4)28(18-21)35-5)17-16-29(22,2)26(23)13-14-30(24,25)3/h6,11,18,22-26,33H,7-10,13-14,16-17,19H2,1-5H3/t22-,23+,24-,25+,26+,29+,30-,31-/m1/s1. The van der Waals surface area contributed by atoms with E-state index >= 15 is 0 Å². The van der Waals surface area contributed by atoms with Crippen molar-refractivity contribution in [1.82, 2.24) is 0 Å². The van der Waals surface area contributed by atoms with Gasteiger partial charge in [0.15, 0.2) is 11.5 Å². The monoisotopic (exact) mass is 478 g/mol. The third-order valence-corrected chi connectivity index (χ3v) is 11.0. The Labute approximate surface area is 211 Å². The van der Waals surface area contributed by atoms with Crippen molar-refractivity contribution in [3.05, 3.63) is 23.8 Å². The van der Waals surface area contributed by atoms with E-state index in [-0.39, 0.29) is 16.7 Å². The molecule has 1 N–H and O–H groups in total. The Morgan fingerprint density at radius 1 is 0.943 bits per heavy atom. The van der Waals surface area contributed by atoms with Crippen LogP contribution in [0, 0.1) is 52.3 Å². The van der Waals surface area contributed by atoms with Gasteiger partial charge in [-0.25, -0.2) is 0 Å². The van der Waals surface area contributed by atoms with Crippen LogP contribution in [0.15, 0.2) is 18.2 Å². The lowest BCUT2D eigenvalue weighted by Gasteiger charge is -2.61. The number of ketones is 1. The molecule has 4 saturated carbocycles. The van der Waals surface area contributed by atoms with Gasteiger partial charge < -0.3 is 14.6 Å². The van der Waals surface area contributed by atoms with Gasteiger partial charge in [0.2, 0.25) is 0 Å². The molecule has 0 unspecified atom stereocenters. The molecule has 4 aliphatic rings. The number of ether oxygens (including phenoxy) is 2. The van der Waals surface area contributed by atoms with Crippen molar-refractivity contribution in [2.24, 2.45) is 40.4 Å². The van der Waals surface area contributed by atoms with E-state index < -0.39 is 5.60 Å². The highest BCUT2D eigenvalue weighted by Gasteiger charge is 2.61. The first-order chi connectivity index (χ1) is 16.6. The fraction of sp³-hybridized carbons (Fsp3) is 0.710. The van der Waals surface area contributed by atoms with E-state index in [0.29, 0.717) is 35.0 Å². The summed E-state index contributed by atoms with van der Waals surface area (Å²) >= 11 is 0. The molecule has 0 radical (unpaired) electrons. The van der Waals surface area contributed by atoms with Crippen molar-refractivity contribution in [2.75, 3.05) is 14.2 Å². The average molecular weight is 479 g/mol. The maximum atomic E-state index is 12.4. The van der Waals surface area contributed by atoms with Crippen molar-refractivity contribution < 1.29 is 19.4 Å². The van der Waals surface area contributed by atoms with Crippen molar-refractivity contribution in [3.8, 4) is 23.3 Å². The van der Waals surface area contributed by atoms with Crippen molar-refractivity contribution in [3.63, 3.8) is 0 Å². The second-order valence-electron chi connectivity index (χ2n) is 12.5. The van der Waals surface area contributed by atoms with E-state index in [9.17, 15) is 9.90 Å². The minimum absolute atomic E-state index is 0.205. The van der Waals surface area contributed by atoms with Gasteiger partial charge in [-0.05, 0) is 117 Å². The molecule has 1 aromatic rings. The molecule has 0 aromatic heterocycles. The smallest absolute Gasteiger partial charge is 0.161 e. The first-order valence-electron chi connectivity index (χ1n) is 13.6. The third-order valence-electron chi connectivity index (χ3n) is 11.0. The van der Waals surface area contributed by atoms with E-state index in [1.165, 1.54) is 32.1 Å². The van der Waals surface area contributed by atoms with Gasteiger partial charge in [-0.2, -0.15) is 0 Å². The van der Waals surface area contributed by atoms with E-state index in [2.05, 4.69) is 25.7 Å². The highest BCUT2D eigenvalue weighted by atomic mass is 16.5. The average Bonchev–Trinajstić information content (AvgIpc) is 3.21. The molecule has 0 heterocycles. The molecule has 5 rings (SSSR count). The number of carbonyl (C=O) groups is 1. The lowest BCUT2D eigenvalue weighted by Crippen LogP contribution is -2.56. The Bertz CT molecular complexity index is 1050. The topological polar surface area (TPSA) is 55.8 Å². The predicted molar refractivity (Wildman–Crippen MR) is 137 cm³/mol. The quantitative estimate of drug-likeness (QED) is 0.539. The van der Waals surface area contributed by atoms with Crippen LogP contribution in [0.3, 0.4) is 0 Å². The van der Waals surface area contributed by atoms with Crippen LogP contribution < -0.4 is 9.47 Å². The zero-order valence-corrected chi connectivity index (χ0v) is 22.2. The van der Waals surface area contributed by atoms with Crippen LogP contribution in [0.5, 0.6) is 11.5 Å². The van der Waals surface area contributed by atoms with Crippen molar-refractivity contribution >= 4 is 5.78 Å². The third kappa shape index (κ3) is 3.99. The number of carbonyl (C=O) groups excluding carboxylic acids is 1. The Hall–Kier alpha value is -1.99. The molecular weight excluding hydrogens is 436 g/mol. The maximum absolute atomic E-state index is 12.4. The highest BCUT2D eigenvalue weighted by Crippen LogP contribution is 2.68. The Kier molecular flexibility index (Phi) is 6.24. The first-order valence-corrected chi connectivity index (χ1v) is 13.6. The fourth-order valence-corrected chi connectivity index (χ4v) is 9.13. The van der Waals surface area contributed by atoms with E-state index in [4.69, 9.17) is 9.47 Å². The summed E-state index contributed by atoms with van der Waals surface area (Å²) in [5.74, 6) is 11.2. The Morgan fingerprint density at radius 3 is 2.40 bits per heavy atom. The molecule has 4 fully saturated rings. The van der Waals surface area contributed by atoms with E-state index in [1.54, 1.807) is 14.2 Å². The largest absolute Gasteiger partial charge is 0.493 e. The van der Waals surface area contributed by atoms with Crippen molar-refractivity contribution in [2.45, 2.75) is 84.2 Å². The number of fused-ring (bicyclic) bond motifs is 5. The van der Waals surface area contributed by atoms with Gasteiger partial charge in [-0.15, -0.1) is 0 Å².